The minimum atomic E-state index is -0.124. The zero-order valence-corrected chi connectivity index (χ0v) is 13.1. The second-order valence-electron chi connectivity index (χ2n) is 5.34. The van der Waals surface area contributed by atoms with Crippen molar-refractivity contribution >= 4 is 11.7 Å². The van der Waals surface area contributed by atoms with E-state index in [4.69, 9.17) is 0 Å². The van der Waals surface area contributed by atoms with Crippen molar-refractivity contribution in [2.45, 2.75) is 47.1 Å². The van der Waals surface area contributed by atoms with Crippen LogP contribution in [0.4, 0.5) is 5.82 Å². The van der Waals surface area contributed by atoms with Crippen molar-refractivity contribution in [1.29, 1.82) is 0 Å². The molecule has 1 amide bonds. The third-order valence-electron chi connectivity index (χ3n) is 3.21. The first-order valence-corrected chi connectivity index (χ1v) is 7.30. The second kappa shape index (κ2) is 6.52. The van der Waals surface area contributed by atoms with Gasteiger partial charge in [0.25, 0.3) is 5.91 Å². The van der Waals surface area contributed by atoms with Crippen LogP contribution in [0, 0.1) is 20.8 Å². The first-order valence-electron chi connectivity index (χ1n) is 7.30. The van der Waals surface area contributed by atoms with Crippen LogP contribution in [-0.2, 0) is 6.54 Å². The molecule has 0 spiro atoms. The second-order valence-corrected chi connectivity index (χ2v) is 5.34. The molecule has 0 atom stereocenters. The maximum Gasteiger partial charge on any atom is 0.256 e. The molecule has 2 aromatic rings. The predicted octanol–water partition coefficient (Wildman–Crippen LogP) is 3.26. The molecule has 0 aliphatic heterocycles. The van der Waals surface area contributed by atoms with E-state index in [0.717, 1.165) is 42.3 Å². The molecule has 0 aliphatic rings. The van der Waals surface area contributed by atoms with Crippen molar-refractivity contribution < 1.29 is 4.79 Å². The first kappa shape index (κ1) is 15.2. The molecule has 21 heavy (non-hydrogen) atoms. The summed E-state index contributed by atoms with van der Waals surface area (Å²) in [5, 5.41) is 7.36. The number of hydrogen-bond acceptors (Lipinski definition) is 3. The summed E-state index contributed by atoms with van der Waals surface area (Å²) in [4.78, 5) is 16.7. The van der Waals surface area contributed by atoms with Crippen LogP contribution >= 0.6 is 0 Å². The van der Waals surface area contributed by atoms with Crippen molar-refractivity contribution in [3.05, 3.63) is 40.8 Å². The Hall–Kier alpha value is -2.17. The average Bonchev–Trinajstić information content (AvgIpc) is 2.75. The zero-order valence-electron chi connectivity index (χ0n) is 13.1. The van der Waals surface area contributed by atoms with Gasteiger partial charge in [0.15, 0.2) is 0 Å². The Bertz CT molecular complexity index is 625. The van der Waals surface area contributed by atoms with Gasteiger partial charge in [-0.15, -0.1) is 0 Å². The van der Waals surface area contributed by atoms with Crippen LogP contribution in [-0.4, -0.2) is 20.7 Å². The average molecular weight is 286 g/mol. The number of rotatable bonds is 5. The van der Waals surface area contributed by atoms with E-state index in [1.54, 1.807) is 12.1 Å². The molecule has 112 valence electrons. The molecule has 0 aliphatic carbocycles. The molecular weight excluding hydrogens is 264 g/mol. The number of aryl methyl sites for hydroxylation is 4. The van der Waals surface area contributed by atoms with E-state index in [-0.39, 0.29) is 5.91 Å². The SMILES string of the molecule is CCCCn1nc(C)cc1NC(=O)c1cc(C)nc(C)c1. The maximum absolute atomic E-state index is 12.4. The summed E-state index contributed by atoms with van der Waals surface area (Å²) in [6.07, 6.45) is 2.13. The third-order valence-corrected chi connectivity index (χ3v) is 3.21. The molecule has 0 radical (unpaired) electrons. The standard InChI is InChI=1S/C16H22N4O/c1-5-6-7-20-15(10-13(4)19-20)18-16(21)14-8-11(2)17-12(3)9-14/h8-10H,5-7H2,1-4H3,(H,18,21). The van der Waals surface area contributed by atoms with Crippen molar-refractivity contribution in [1.82, 2.24) is 14.8 Å². The molecule has 1 N–H and O–H groups in total. The summed E-state index contributed by atoms with van der Waals surface area (Å²) in [6.45, 7) is 8.66. The topological polar surface area (TPSA) is 59.8 Å². The molecule has 0 bridgehead atoms. The maximum atomic E-state index is 12.4. The quantitative estimate of drug-likeness (QED) is 0.917. The van der Waals surface area contributed by atoms with Crippen LogP contribution in [0.25, 0.3) is 0 Å². The number of nitrogens with zero attached hydrogens (tertiary/aromatic N) is 3. The van der Waals surface area contributed by atoms with Crippen molar-refractivity contribution in [3.8, 4) is 0 Å². The Balaban J connectivity index is 2.19. The number of anilines is 1. The van der Waals surface area contributed by atoms with E-state index in [1.807, 2.05) is 31.5 Å². The fourth-order valence-corrected chi connectivity index (χ4v) is 2.28. The van der Waals surface area contributed by atoms with Crippen LogP contribution in [0.15, 0.2) is 18.2 Å². The molecule has 5 nitrogen and oxygen atoms in total. The number of carbonyl (C=O) groups excluding carboxylic acids is 1. The van der Waals surface area contributed by atoms with Gasteiger partial charge in [-0.3, -0.25) is 9.78 Å². The Kier molecular flexibility index (Phi) is 4.73. The van der Waals surface area contributed by atoms with E-state index in [9.17, 15) is 4.79 Å². The lowest BCUT2D eigenvalue weighted by Crippen LogP contribution is -2.16. The van der Waals surface area contributed by atoms with Gasteiger partial charge in [0.2, 0.25) is 0 Å². The zero-order chi connectivity index (χ0) is 15.4. The lowest BCUT2D eigenvalue weighted by Gasteiger charge is -2.09. The highest BCUT2D eigenvalue weighted by Crippen LogP contribution is 2.14. The van der Waals surface area contributed by atoms with E-state index >= 15 is 0 Å². The molecule has 5 heteroatoms. The van der Waals surface area contributed by atoms with Gasteiger partial charge < -0.3 is 5.32 Å². The van der Waals surface area contributed by atoms with Gasteiger partial charge in [0.05, 0.1) is 5.69 Å². The van der Waals surface area contributed by atoms with E-state index < -0.39 is 0 Å². The van der Waals surface area contributed by atoms with Gasteiger partial charge in [-0.2, -0.15) is 5.10 Å². The van der Waals surface area contributed by atoms with Crippen LogP contribution < -0.4 is 5.32 Å². The Morgan fingerprint density at radius 2 is 1.81 bits per heavy atom. The summed E-state index contributed by atoms with van der Waals surface area (Å²) in [6, 6.07) is 5.48. The Morgan fingerprint density at radius 1 is 1.14 bits per heavy atom. The molecular formula is C16H22N4O. The Labute approximate surface area is 125 Å². The Morgan fingerprint density at radius 3 is 2.43 bits per heavy atom. The highest BCUT2D eigenvalue weighted by molar-refractivity contribution is 6.03. The molecule has 0 aromatic carbocycles. The third kappa shape index (κ3) is 3.90. The number of hydrogen-bond donors (Lipinski definition) is 1. The number of nitrogens with one attached hydrogen (secondary N) is 1. The molecule has 2 heterocycles. The number of carbonyl (C=O) groups is 1. The van der Waals surface area contributed by atoms with Gasteiger partial charge in [0, 0.05) is 29.6 Å². The molecule has 0 fully saturated rings. The summed E-state index contributed by atoms with van der Waals surface area (Å²) >= 11 is 0. The highest BCUT2D eigenvalue weighted by atomic mass is 16.1. The number of aromatic nitrogens is 3. The van der Waals surface area contributed by atoms with Gasteiger partial charge in [0.1, 0.15) is 5.82 Å². The summed E-state index contributed by atoms with van der Waals surface area (Å²) in [5.74, 6) is 0.624. The normalized spacial score (nSPS) is 10.7. The summed E-state index contributed by atoms with van der Waals surface area (Å²) in [7, 11) is 0. The fraction of sp³-hybridized carbons (Fsp3) is 0.438. The van der Waals surface area contributed by atoms with Crippen LogP contribution in [0.1, 0.15) is 47.2 Å². The van der Waals surface area contributed by atoms with E-state index in [2.05, 4.69) is 22.3 Å². The van der Waals surface area contributed by atoms with Crippen molar-refractivity contribution in [2.24, 2.45) is 0 Å². The van der Waals surface area contributed by atoms with Gasteiger partial charge in [-0.25, -0.2) is 4.68 Å². The summed E-state index contributed by atoms with van der Waals surface area (Å²) in [5.41, 5.74) is 3.22. The fourth-order valence-electron chi connectivity index (χ4n) is 2.28. The molecule has 0 saturated heterocycles. The van der Waals surface area contributed by atoms with Gasteiger partial charge in [-0.05, 0) is 39.3 Å². The first-order chi connectivity index (χ1) is 9.99. The largest absolute Gasteiger partial charge is 0.307 e. The number of unbranched alkanes of at least 4 members (excludes halogenated alkanes) is 1. The number of amides is 1. The predicted molar refractivity (Wildman–Crippen MR) is 83.5 cm³/mol. The van der Waals surface area contributed by atoms with E-state index in [1.165, 1.54) is 0 Å². The van der Waals surface area contributed by atoms with Crippen molar-refractivity contribution in [3.63, 3.8) is 0 Å². The molecule has 2 aromatic heterocycles. The molecule has 0 unspecified atom stereocenters. The molecule has 0 saturated carbocycles. The summed E-state index contributed by atoms with van der Waals surface area (Å²) < 4.78 is 1.86. The van der Waals surface area contributed by atoms with E-state index in [0.29, 0.717) is 5.56 Å². The van der Waals surface area contributed by atoms with Gasteiger partial charge >= 0.3 is 0 Å². The number of pyridine rings is 1. The van der Waals surface area contributed by atoms with Crippen LogP contribution in [0.5, 0.6) is 0 Å². The molecule has 2 rings (SSSR count). The smallest absolute Gasteiger partial charge is 0.256 e. The highest BCUT2D eigenvalue weighted by Gasteiger charge is 2.12. The van der Waals surface area contributed by atoms with Crippen LogP contribution in [0.3, 0.4) is 0 Å². The lowest BCUT2D eigenvalue weighted by atomic mass is 10.2. The van der Waals surface area contributed by atoms with Crippen LogP contribution in [0.2, 0.25) is 0 Å². The van der Waals surface area contributed by atoms with Crippen molar-refractivity contribution in [2.75, 3.05) is 5.32 Å². The minimum Gasteiger partial charge on any atom is -0.307 e. The minimum absolute atomic E-state index is 0.124. The monoisotopic (exact) mass is 286 g/mol. The van der Waals surface area contributed by atoms with Gasteiger partial charge in [-0.1, -0.05) is 13.3 Å². The lowest BCUT2D eigenvalue weighted by molar-refractivity contribution is 0.102.